The van der Waals surface area contributed by atoms with Gasteiger partial charge >= 0.3 is 0 Å². The molecule has 7 nitrogen and oxygen atoms in total. The molecule has 0 aliphatic rings. The average Bonchev–Trinajstić information content (AvgIpc) is 3.30. The number of rotatable bonds is 8. The van der Waals surface area contributed by atoms with Crippen LogP contribution in [0.2, 0.25) is 0 Å². The van der Waals surface area contributed by atoms with Gasteiger partial charge in [0.2, 0.25) is 0 Å². The summed E-state index contributed by atoms with van der Waals surface area (Å²) in [6.07, 6.45) is 2.23. The van der Waals surface area contributed by atoms with Crippen molar-refractivity contribution < 1.29 is 9.13 Å². The Balaban J connectivity index is 1.66. The fourth-order valence-corrected chi connectivity index (χ4v) is 4.53. The maximum atomic E-state index is 16.1. The number of pyridine rings is 1. The predicted octanol–water partition coefficient (Wildman–Crippen LogP) is 6.30. The molecule has 1 atom stereocenters. The molecule has 8 heteroatoms. The number of hydrogen-bond acceptors (Lipinski definition) is 6. The van der Waals surface area contributed by atoms with E-state index in [0.717, 1.165) is 34.0 Å². The smallest absolute Gasteiger partial charge is 0.181 e. The molecule has 3 aromatic carbocycles. The molecule has 38 heavy (non-hydrogen) atoms. The Labute approximate surface area is 221 Å². The number of anilines is 2. The Kier molecular flexibility index (Phi) is 6.96. The van der Waals surface area contributed by atoms with E-state index in [2.05, 4.69) is 15.4 Å². The number of nitrogens with one attached hydrogen (secondary N) is 1. The third kappa shape index (κ3) is 5.02. The molecule has 5 rings (SSSR count). The predicted molar refractivity (Wildman–Crippen MR) is 150 cm³/mol. The topological polar surface area (TPSA) is 90.9 Å². The van der Waals surface area contributed by atoms with Crippen LogP contribution in [0.5, 0.6) is 5.75 Å². The van der Waals surface area contributed by atoms with Gasteiger partial charge in [0.25, 0.3) is 0 Å². The van der Waals surface area contributed by atoms with Crippen molar-refractivity contribution in [3.05, 3.63) is 95.7 Å². The first-order chi connectivity index (χ1) is 18.3. The highest BCUT2D eigenvalue weighted by Crippen LogP contribution is 2.35. The second-order valence-electron chi connectivity index (χ2n) is 9.51. The monoisotopic (exact) mass is 510 g/mol. The third-order valence-electron chi connectivity index (χ3n) is 6.40. The Hall–Kier alpha value is -4.46. The molecule has 2 heterocycles. The lowest BCUT2D eigenvalue weighted by molar-refractivity contribution is 0.230. The van der Waals surface area contributed by atoms with Gasteiger partial charge in [-0.05, 0) is 61.5 Å². The fourth-order valence-electron chi connectivity index (χ4n) is 4.53. The van der Waals surface area contributed by atoms with Crippen LogP contribution in [0, 0.1) is 5.82 Å². The highest BCUT2D eigenvalue weighted by atomic mass is 19.1. The van der Waals surface area contributed by atoms with E-state index in [4.69, 9.17) is 15.5 Å². The molecule has 0 saturated carbocycles. The van der Waals surface area contributed by atoms with Crippen molar-refractivity contribution >= 4 is 22.3 Å². The standard InChI is InChI=1S/C30H31FN6O/c1-5-19-15-24(26(31)25(16-19)38-18(2)3)27(30-35-29(36-37(30)4)20-9-7-6-8-10-20)34-22-11-12-23-21(17-22)13-14-33-28(23)32/h6-18,27,34H,5H2,1-4H3,(H2,32,33). The maximum Gasteiger partial charge on any atom is 0.181 e. The van der Waals surface area contributed by atoms with Gasteiger partial charge in [0, 0.05) is 35.4 Å². The molecule has 194 valence electrons. The number of benzene rings is 3. The first-order valence-corrected chi connectivity index (χ1v) is 12.7. The minimum Gasteiger partial charge on any atom is -0.488 e. The van der Waals surface area contributed by atoms with Gasteiger partial charge in [-0.25, -0.2) is 14.4 Å². The van der Waals surface area contributed by atoms with E-state index in [0.29, 0.717) is 23.0 Å². The van der Waals surface area contributed by atoms with Crippen molar-refractivity contribution in [3.63, 3.8) is 0 Å². The quantitative estimate of drug-likeness (QED) is 0.254. The summed E-state index contributed by atoms with van der Waals surface area (Å²) in [7, 11) is 1.82. The molecular weight excluding hydrogens is 479 g/mol. The Morgan fingerprint density at radius 2 is 1.84 bits per heavy atom. The zero-order chi connectivity index (χ0) is 26.8. The van der Waals surface area contributed by atoms with Gasteiger partial charge in [0.05, 0.1) is 6.10 Å². The van der Waals surface area contributed by atoms with Crippen LogP contribution in [-0.4, -0.2) is 25.9 Å². The summed E-state index contributed by atoms with van der Waals surface area (Å²) in [5.41, 5.74) is 9.12. The highest BCUT2D eigenvalue weighted by Gasteiger charge is 2.27. The number of fused-ring (bicyclic) bond motifs is 1. The lowest BCUT2D eigenvalue weighted by Gasteiger charge is -2.23. The van der Waals surface area contributed by atoms with Gasteiger partial charge in [-0.1, -0.05) is 43.3 Å². The van der Waals surface area contributed by atoms with Crippen LogP contribution in [0.4, 0.5) is 15.9 Å². The number of aromatic nitrogens is 4. The molecule has 1 unspecified atom stereocenters. The summed E-state index contributed by atoms with van der Waals surface area (Å²) in [5.74, 6) is 1.40. The molecule has 5 aromatic rings. The molecule has 0 fully saturated rings. The third-order valence-corrected chi connectivity index (χ3v) is 6.40. The van der Waals surface area contributed by atoms with Gasteiger partial charge in [0.15, 0.2) is 23.2 Å². The van der Waals surface area contributed by atoms with Gasteiger partial charge in [-0.15, -0.1) is 0 Å². The van der Waals surface area contributed by atoms with Gasteiger partial charge in [0.1, 0.15) is 11.9 Å². The summed E-state index contributed by atoms with van der Waals surface area (Å²) in [4.78, 5) is 9.04. The van der Waals surface area contributed by atoms with E-state index in [-0.39, 0.29) is 11.9 Å². The molecule has 0 bridgehead atoms. The number of nitrogens with zero attached hydrogens (tertiary/aromatic N) is 4. The number of hydrogen-bond donors (Lipinski definition) is 2. The number of nitrogen functional groups attached to an aromatic ring is 1. The molecule has 0 amide bonds. The normalized spacial score (nSPS) is 12.2. The van der Waals surface area contributed by atoms with Gasteiger partial charge in [-0.3, -0.25) is 4.68 Å². The Morgan fingerprint density at radius 3 is 2.58 bits per heavy atom. The zero-order valence-corrected chi connectivity index (χ0v) is 21.9. The van der Waals surface area contributed by atoms with E-state index in [9.17, 15) is 0 Å². The second-order valence-corrected chi connectivity index (χ2v) is 9.51. The van der Waals surface area contributed by atoms with E-state index in [1.165, 1.54) is 0 Å². The number of aryl methyl sites for hydroxylation is 2. The van der Waals surface area contributed by atoms with Crippen molar-refractivity contribution in [1.29, 1.82) is 0 Å². The molecule has 0 spiro atoms. The zero-order valence-electron chi connectivity index (χ0n) is 21.9. The SMILES string of the molecule is CCc1cc(OC(C)C)c(F)c(C(Nc2ccc3c(N)nccc3c2)c2nc(-c3ccccc3)nn2C)c1. The highest BCUT2D eigenvalue weighted by molar-refractivity contribution is 5.92. The van der Waals surface area contributed by atoms with Crippen molar-refractivity contribution in [3.8, 4) is 17.1 Å². The van der Waals surface area contributed by atoms with E-state index < -0.39 is 11.9 Å². The van der Waals surface area contributed by atoms with E-state index >= 15 is 4.39 Å². The van der Waals surface area contributed by atoms with Crippen molar-refractivity contribution in [2.45, 2.75) is 39.3 Å². The first-order valence-electron chi connectivity index (χ1n) is 12.7. The molecule has 3 N–H and O–H groups in total. The largest absolute Gasteiger partial charge is 0.488 e. The van der Waals surface area contributed by atoms with E-state index in [1.54, 1.807) is 16.9 Å². The van der Waals surface area contributed by atoms with Crippen molar-refractivity contribution in [2.75, 3.05) is 11.1 Å². The van der Waals surface area contributed by atoms with Crippen LogP contribution in [0.3, 0.4) is 0 Å². The molecule has 0 aliphatic carbocycles. The minimum absolute atomic E-state index is 0.171. The average molecular weight is 511 g/mol. The fraction of sp³-hybridized carbons (Fsp3) is 0.233. The van der Waals surface area contributed by atoms with Crippen LogP contribution in [0.1, 0.15) is 43.8 Å². The number of ether oxygens (including phenoxy) is 1. The second kappa shape index (κ2) is 10.5. The summed E-state index contributed by atoms with van der Waals surface area (Å²) in [6.45, 7) is 5.81. The van der Waals surface area contributed by atoms with Crippen molar-refractivity contribution in [1.82, 2.24) is 19.7 Å². The number of nitrogens with two attached hydrogens (primary N) is 1. The van der Waals surface area contributed by atoms with Crippen molar-refractivity contribution in [2.24, 2.45) is 7.05 Å². The maximum absolute atomic E-state index is 16.1. The Bertz CT molecular complexity index is 1580. The van der Waals surface area contributed by atoms with E-state index in [1.807, 2.05) is 88.5 Å². The van der Waals surface area contributed by atoms with Crippen LogP contribution < -0.4 is 15.8 Å². The molecule has 0 aliphatic heterocycles. The molecule has 0 radical (unpaired) electrons. The summed E-state index contributed by atoms with van der Waals surface area (Å²) in [6, 6.07) is 20.4. The summed E-state index contributed by atoms with van der Waals surface area (Å²) < 4.78 is 23.7. The summed E-state index contributed by atoms with van der Waals surface area (Å²) in [5, 5.41) is 9.96. The number of halogens is 1. The van der Waals surface area contributed by atoms with Gasteiger partial charge in [-0.2, -0.15) is 5.10 Å². The Morgan fingerprint density at radius 1 is 1.05 bits per heavy atom. The van der Waals surface area contributed by atoms with Crippen LogP contribution in [0.15, 0.2) is 72.9 Å². The van der Waals surface area contributed by atoms with Crippen LogP contribution in [0.25, 0.3) is 22.2 Å². The first kappa shape index (κ1) is 25.2. The van der Waals surface area contributed by atoms with Crippen LogP contribution >= 0.6 is 0 Å². The summed E-state index contributed by atoms with van der Waals surface area (Å²) >= 11 is 0. The van der Waals surface area contributed by atoms with Crippen LogP contribution in [-0.2, 0) is 13.5 Å². The molecule has 2 aromatic heterocycles. The molecular formula is C30H31FN6O. The minimum atomic E-state index is -0.650. The van der Waals surface area contributed by atoms with Gasteiger partial charge < -0.3 is 15.8 Å². The lowest BCUT2D eigenvalue weighted by Crippen LogP contribution is -2.20. The lowest BCUT2D eigenvalue weighted by atomic mass is 9.99. The molecule has 0 saturated heterocycles.